The molecule has 430 valence electrons. The predicted molar refractivity (Wildman–Crippen MR) is 339 cm³/mol. The number of hydrazine groups is 1. The van der Waals surface area contributed by atoms with Crippen LogP contribution in [0.3, 0.4) is 0 Å². The molecule has 0 fully saturated rings. The maximum atomic E-state index is 9.21. The summed E-state index contributed by atoms with van der Waals surface area (Å²) >= 11 is 0. The molecule has 2 N–H and O–H groups in total. The number of rotatable bonds is 35. The highest BCUT2D eigenvalue weighted by atomic mass is 16.5. The summed E-state index contributed by atoms with van der Waals surface area (Å²) < 4.78 is 11.2. The first-order valence-corrected chi connectivity index (χ1v) is 28.0. The molecule has 0 saturated carbocycles. The Morgan fingerprint density at radius 3 is 1.04 bits per heavy atom. The summed E-state index contributed by atoms with van der Waals surface area (Å²) in [4.78, 5) is 4.00. The number of hydrogen-bond acceptors (Lipinski definition) is 8. The van der Waals surface area contributed by atoms with Crippen molar-refractivity contribution in [2.45, 2.75) is 173 Å². The monoisotopic (exact) mass is 1050 g/mol. The summed E-state index contributed by atoms with van der Waals surface area (Å²) in [6.07, 6.45) is 69.7. The Morgan fingerprint density at radius 1 is 0.500 bits per heavy atom. The Labute approximate surface area is 470 Å². The first-order valence-electron chi connectivity index (χ1n) is 28.0. The lowest BCUT2D eigenvalue weighted by Gasteiger charge is -2.39. The number of ether oxygens (including phenoxy) is 2. The molecule has 0 aliphatic rings. The van der Waals surface area contributed by atoms with Crippen molar-refractivity contribution in [3.8, 4) is 24.7 Å². The molecule has 8 heteroatoms. The SMILES string of the molecule is C#C/C=C/C=C(\C)N(CCO/C=C/C=C(\C)O)N(CCO/C=C/C=C(\C)O)/C(C)=C/C=C/C#C.C/C=C/C=C/N(C)C.C/C=C/C=C/N(C)C.C=CC(CC)(CCCC)CCCC.C=CC(CC)(CCCC)CCCC. The van der Waals surface area contributed by atoms with Gasteiger partial charge in [-0.3, -0.25) is 10.0 Å². The standard InChI is InChI=1S/C28H36N2O4.2C13H26.2C7H13N/c1-7-9-11-15-25(3)29(19-23-33-21-13-17-27(5)31)30(26(4)16-12-10-8-2)20-24-34-22-14-18-28(6)32;2*1-5-9-11-13(7-3,8-4)12-10-6-2;2*1-4-5-6-7-8(2)3/h1-2,9-18,21-22,31-32H,19-20,23-24H2,3-6H3;2*7H,3,5-6,8-12H2,1-2,4H3;2*4-7H,1-3H3/b11-9+,12-10+,21-13+,22-14+,25-15+,26-16+,27-17+,28-18+;;;2*5-4+,7-6+. The first kappa shape index (κ1) is 78.8. The highest BCUT2D eigenvalue weighted by Crippen LogP contribution is 2.36. The summed E-state index contributed by atoms with van der Waals surface area (Å²) in [7, 11) is 8.00. The first-order chi connectivity index (χ1) is 36.4. The minimum atomic E-state index is 0.200. The van der Waals surface area contributed by atoms with Crippen LogP contribution in [0.4, 0.5) is 0 Å². The molecule has 0 aliphatic carbocycles. The summed E-state index contributed by atoms with van der Waals surface area (Å²) in [5, 5.41) is 22.5. The third kappa shape index (κ3) is 52.7. The molecule has 0 aromatic rings. The molecule has 0 aromatic heterocycles. The smallest absolute Gasteiger partial charge is 0.107 e. The summed E-state index contributed by atoms with van der Waals surface area (Å²) in [6.45, 7) is 34.7. The maximum absolute atomic E-state index is 9.21. The zero-order chi connectivity index (χ0) is 58.7. The number of nitrogens with zero attached hydrogens (tertiary/aromatic N) is 4. The van der Waals surface area contributed by atoms with Gasteiger partial charge in [0.25, 0.3) is 0 Å². The van der Waals surface area contributed by atoms with Crippen LogP contribution in [0.1, 0.15) is 173 Å². The van der Waals surface area contributed by atoms with Crippen LogP contribution in [0, 0.1) is 35.5 Å². The van der Waals surface area contributed by atoms with Crippen LogP contribution in [0.15, 0.2) is 170 Å². The van der Waals surface area contributed by atoms with Crippen molar-refractivity contribution in [3.05, 3.63) is 170 Å². The number of terminal acetylenes is 2. The van der Waals surface area contributed by atoms with Crippen molar-refractivity contribution in [1.29, 1.82) is 0 Å². The lowest BCUT2D eigenvalue weighted by atomic mass is 9.76. The highest BCUT2D eigenvalue weighted by molar-refractivity contribution is 5.21. The highest BCUT2D eigenvalue weighted by Gasteiger charge is 2.23. The van der Waals surface area contributed by atoms with Crippen molar-refractivity contribution in [3.63, 3.8) is 0 Å². The van der Waals surface area contributed by atoms with Crippen LogP contribution in [-0.4, -0.2) is 84.5 Å². The van der Waals surface area contributed by atoms with E-state index < -0.39 is 0 Å². The summed E-state index contributed by atoms with van der Waals surface area (Å²) in [5.74, 6) is 5.36. The van der Waals surface area contributed by atoms with Crippen LogP contribution < -0.4 is 0 Å². The minimum absolute atomic E-state index is 0.200. The van der Waals surface area contributed by atoms with Crippen LogP contribution in [0.2, 0.25) is 0 Å². The van der Waals surface area contributed by atoms with Gasteiger partial charge >= 0.3 is 0 Å². The van der Waals surface area contributed by atoms with Gasteiger partial charge in [-0.05, 0) is 164 Å². The number of hydrogen-bond donors (Lipinski definition) is 2. The molecule has 0 atom stereocenters. The molecule has 0 unspecified atom stereocenters. The molecular formula is C68H114N4O4. The largest absolute Gasteiger partial charge is 0.513 e. The van der Waals surface area contributed by atoms with Crippen molar-refractivity contribution >= 4 is 0 Å². The Bertz CT molecular complexity index is 1690. The second-order valence-corrected chi connectivity index (χ2v) is 18.8. The van der Waals surface area contributed by atoms with Gasteiger partial charge in [0, 0.05) is 39.6 Å². The average molecular weight is 1050 g/mol. The van der Waals surface area contributed by atoms with E-state index in [0.717, 1.165) is 11.4 Å². The lowest BCUT2D eigenvalue weighted by Crippen LogP contribution is -2.43. The molecule has 0 amide bonds. The van der Waals surface area contributed by atoms with Gasteiger partial charge in [-0.15, -0.1) is 26.0 Å². The van der Waals surface area contributed by atoms with E-state index in [1.54, 1.807) is 62.5 Å². The third-order valence-corrected chi connectivity index (χ3v) is 11.8. The molecular weight excluding hydrogens is 937 g/mol. The molecule has 76 heavy (non-hydrogen) atoms. The minimum Gasteiger partial charge on any atom is -0.513 e. The molecule has 0 rings (SSSR count). The third-order valence-electron chi connectivity index (χ3n) is 11.8. The zero-order valence-electron chi connectivity index (χ0n) is 51.5. The van der Waals surface area contributed by atoms with Crippen LogP contribution in [0.5, 0.6) is 0 Å². The molecule has 0 heterocycles. The second-order valence-electron chi connectivity index (χ2n) is 18.8. The predicted octanol–water partition coefficient (Wildman–Crippen LogP) is 18.8. The van der Waals surface area contributed by atoms with Crippen molar-refractivity contribution in [2.24, 2.45) is 10.8 Å². The Balaban J connectivity index is -0.000000325. The van der Waals surface area contributed by atoms with Gasteiger partial charge in [0.2, 0.25) is 0 Å². The zero-order valence-corrected chi connectivity index (χ0v) is 51.5. The van der Waals surface area contributed by atoms with Gasteiger partial charge in [-0.2, -0.15) is 0 Å². The van der Waals surface area contributed by atoms with Crippen LogP contribution in [-0.2, 0) is 9.47 Å². The van der Waals surface area contributed by atoms with Gasteiger partial charge in [-0.25, -0.2) is 0 Å². The van der Waals surface area contributed by atoms with Crippen molar-refractivity contribution < 1.29 is 19.7 Å². The molecule has 0 aromatic carbocycles. The number of aliphatic hydroxyl groups is 2. The molecule has 0 saturated heterocycles. The quantitative estimate of drug-likeness (QED) is 0.0162. The van der Waals surface area contributed by atoms with E-state index >= 15 is 0 Å². The van der Waals surface area contributed by atoms with E-state index in [2.05, 4.69) is 88.7 Å². The van der Waals surface area contributed by atoms with E-state index in [-0.39, 0.29) is 11.5 Å². The number of allylic oxidation sites excluding steroid dienone is 22. The lowest BCUT2D eigenvalue weighted by molar-refractivity contribution is 0.0129. The van der Waals surface area contributed by atoms with Gasteiger partial charge in [0.15, 0.2) is 0 Å². The van der Waals surface area contributed by atoms with Gasteiger partial charge in [0.05, 0.1) is 37.1 Å². The van der Waals surface area contributed by atoms with E-state index in [9.17, 15) is 10.2 Å². The van der Waals surface area contributed by atoms with E-state index in [4.69, 9.17) is 22.3 Å². The Kier molecular flexibility index (Phi) is 60.3. The molecule has 0 radical (unpaired) electrons. The van der Waals surface area contributed by atoms with Gasteiger partial charge < -0.3 is 29.5 Å². The average Bonchev–Trinajstić information content (AvgIpc) is 3.39. The van der Waals surface area contributed by atoms with Crippen LogP contribution in [0.25, 0.3) is 0 Å². The normalized spacial score (nSPS) is 12.4. The Hall–Kier alpha value is -6.12. The summed E-state index contributed by atoms with van der Waals surface area (Å²) in [5.41, 5.74) is 2.78. The van der Waals surface area contributed by atoms with Gasteiger partial charge in [-0.1, -0.05) is 153 Å². The van der Waals surface area contributed by atoms with Crippen LogP contribution >= 0.6 is 0 Å². The maximum Gasteiger partial charge on any atom is 0.107 e. The van der Waals surface area contributed by atoms with E-state index in [1.807, 2.05) is 127 Å². The van der Waals surface area contributed by atoms with Gasteiger partial charge in [0.1, 0.15) is 13.2 Å². The number of aliphatic hydroxyl groups excluding tert-OH is 2. The molecule has 0 spiro atoms. The van der Waals surface area contributed by atoms with E-state index in [1.165, 1.54) is 102 Å². The second kappa shape index (κ2) is 58.1. The molecule has 0 bridgehead atoms. The molecule has 0 aliphatic heterocycles. The topological polar surface area (TPSA) is 71.9 Å². The fraction of sp³-hybridized carbons (Fsp3) is 0.529. The fourth-order valence-corrected chi connectivity index (χ4v) is 6.95. The molecule has 8 nitrogen and oxygen atoms in total. The fourth-order valence-electron chi connectivity index (χ4n) is 6.95. The van der Waals surface area contributed by atoms with Crippen molar-refractivity contribution in [1.82, 2.24) is 19.8 Å². The Morgan fingerprint density at radius 2 is 0.816 bits per heavy atom. The number of unbranched alkanes of at least 4 members (excludes halogenated alkanes) is 4. The van der Waals surface area contributed by atoms with Crippen molar-refractivity contribution in [2.75, 3.05) is 54.5 Å². The summed E-state index contributed by atoms with van der Waals surface area (Å²) in [6, 6.07) is 0. The van der Waals surface area contributed by atoms with E-state index in [0.29, 0.717) is 37.1 Å².